The molecule has 0 aliphatic rings. The number of hydrogen-bond acceptors (Lipinski definition) is 5. The quantitative estimate of drug-likeness (QED) is 0.569. The lowest BCUT2D eigenvalue weighted by Crippen LogP contribution is -2.30. The molecule has 0 fully saturated rings. The van der Waals surface area contributed by atoms with E-state index in [4.69, 9.17) is 5.84 Å². The zero-order valence-electron chi connectivity index (χ0n) is 14.4. The predicted octanol–water partition coefficient (Wildman–Crippen LogP) is 3.28. The van der Waals surface area contributed by atoms with Crippen molar-refractivity contribution in [3.05, 3.63) is 11.4 Å². The molecule has 1 aromatic heterocycles. The number of nitrogens with two attached hydrogens (primary N) is 1. The average Bonchev–Trinajstić information content (AvgIpc) is 2.41. The van der Waals surface area contributed by atoms with Crippen LogP contribution in [0, 0.1) is 25.7 Å². The summed E-state index contributed by atoms with van der Waals surface area (Å²) in [6, 6.07) is 0. The van der Waals surface area contributed by atoms with Crippen LogP contribution < -0.4 is 16.2 Å². The SMILES string of the molecule is Cc1nc(NN)c(C)c(N(CCC(C)C)CCC(C)C)n1. The summed E-state index contributed by atoms with van der Waals surface area (Å²) in [4.78, 5) is 11.4. The zero-order chi connectivity index (χ0) is 16.0. The fraction of sp³-hybridized carbons (Fsp3) is 0.750. The lowest BCUT2D eigenvalue weighted by Gasteiger charge is -2.27. The molecule has 0 aromatic carbocycles. The van der Waals surface area contributed by atoms with E-state index in [1.807, 2.05) is 13.8 Å². The maximum absolute atomic E-state index is 5.57. The van der Waals surface area contributed by atoms with Gasteiger partial charge in [0.2, 0.25) is 0 Å². The summed E-state index contributed by atoms with van der Waals surface area (Å²) in [6.07, 6.45) is 2.32. The first-order chi connectivity index (χ1) is 9.85. The first-order valence-corrected chi connectivity index (χ1v) is 7.92. The average molecular weight is 293 g/mol. The van der Waals surface area contributed by atoms with Gasteiger partial charge in [-0.3, -0.25) is 0 Å². The largest absolute Gasteiger partial charge is 0.356 e. The Morgan fingerprint density at radius 1 is 1.00 bits per heavy atom. The number of rotatable bonds is 8. The molecule has 21 heavy (non-hydrogen) atoms. The van der Waals surface area contributed by atoms with E-state index in [-0.39, 0.29) is 0 Å². The Morgan fingerprint density at radius 2 is 1.52 bits per heavy atom. The van der Waals surface area contributed by atoms with Crippen molar-refractivity contribution in [2.24, 2.45) is 17.7 Å². The Bertz CT molecular complexity index is 431. The third kappa shape index (κ3) is 5.50. The second kappa shape index (κ2) is 8.17. The van der Waals surface area contributed by atoms with Crippen LogP contribution in [0.3, 0.4) is 0 Å². The number of aromatic nitrogens is 2. The Hall–Kier alpha value is -1.36. The van der Waals surface area contributed by atoms with Gasteiger partial charge in [-0.2, -0.15) is 0 Å². The first kappa shape index (κ1) is 17.7. The number of aryl methyl sites for hydroxylation is 1. The van der Waals surface area contributed by atoms with Crippen molar-refractivity contribution in [3.8, 4) is 0 Å². The molecule has 1 aromatic rings. The van der Waals surface area contributed by atoms with Gasteiger partial charge in [-0.05, 0) is 38.5 Å². The molecule has 1 rings (SSSR count). The monoisotopic (exact) mass is 293 g/mol. The van der Waals surface area contributed by atoms with Crippen molar-refractivity contribution in [1.29, 1.82) is 0 Å². The molecule has 0 aliphatic carbocycles. The van der Waals surface area contributed by atoms with Gasteiger partial charge in [-0.15, -0.1) is 0 Å². The third-order valence-electron chi connectivity index (χ3n) is 3.62. The fourth-order valence-corrected chi connectivity index (χ4v) is 2.21. The molecule has 0 spiro atoms. The smallest absolute Gasteiger partial charge is 0.148 e. The minimum atomic E-state index is 0.682. The van der Waals surface area contributed by atoms with E-state index in [0.29, 0.717) is 11.8 Å². The molecule has 0 bridgehead atoms. The van der Waals surface area contributed by atoms with Crippen molar-refractivity contribution in [3.63, 3.8) is 0 Å². The lowest BCUT2D eigenvalue weighted by atomic mass is 10.1. The molecule has 0 amide bonds. The summed E-state index contributed by atoms with van der Waals surface area (Å²) in [5.74, 6) is 9.42. The van der Waals surface area contributed by atoms with Crippen molar-refractivity contribution >= 4 is 11.6 Å². The van der Waals surface area contributed by atoms with Crippen molar-refractivity contribution in [2.75, 3.05) is 23.4 Å². The summed E-state index contributed by atoms with van der Waals surface area (Å²) >= 11 is 0. The van der Waals surface area contributed by atoms with Gasteiger partial charge in [-0.1, -0.05) is 27.7 Å². The fourth-order valence-electron chi connectivity index (χ4n) is 2.21. The van der Waals surface area contributed by atoms with Gasteiger partial charge in [-0.25, -0.2) is 15.8 Å². The van der Waals surface area contributed by atoms with Crippen LogP contribution in [-0.2, 0) is 0 Å². The molecule has 120 valence electrons. The molecule has 0 aliphatic heterocycles. The molecule has 1 heterocycles. The van der Waals surface area contributed by atoms with Crippen LogP contribution in [0.1, 0.15) is 51.9 Å². The number of hydrogen-bond donors (Lipinski definition) is 2. The summed E-state index contributed by atoms with van der Waals surface area (Å²) < 4.78 is 0. The van der Waals surface area contributed by atoms with Crippen LogP contribution in [0.4, 0.5) is 11.6 Å². The van der Waals surface area contributed by atoms with Gasteiger partial charge in [0.25, 0.3) is 0 Å². The summed E-state index contributed by atoms with van der Waals surface area (Å²) in [5.41, 5.74) is 3.71. The highest BCUT2D eigenvalue weighted by molar-refractivity contribution is 5.58. The molecule has 5 nitrogen and oxygen atoms in total. The molecule has 5 heteroatoms. The second-order valence-corrected chi connectivity index (χ2v) is 6.56. The Kier molecular flexibility index (Phi) is 6.89. The summed E-state index contributed by atoms with van der Waals surface area (Å²) in [5, 5.41) is 0. The van der Waals surface area contributed by atoms with Gasteiger partial charge in [0.15, 0.2) is 0 Å². The van der Waals surface area contributed by atoms with Gasteiger partial charge in [0, 0.05) is 18.7 Å². The molecular weight excluding hydrogens is 262 g/mol. The normalized spacial score (nSPS) is 11.3. The third-order valence-corrected chi connectivity index (χ3v) is 3.62. The summed E-state index contributed by atoms with van der Waals surface area (Å²) in [6.45, 7) is 15.0. The maximum atomic E-state index is 5.57. The maximum Gasteiger partial charge on any atom is 0.148 e. The highest BCUT2D eigenvalue weighted by Crippen LogP contribution is 2.24. The summed E-state index contributed by atoms with van der Waals surface area (Å²) in [7, 11) is 0. The molecule has 0 saturated heterocycles. The standard InChI is InChI=1S/C16H31N5/c1-11(2)7-9-21(10-8-12(3)4)16-13(5)15(20-17)18-14(6)19-16/h11-12H,7-10,17H2,1-6H3,(H,18,19,20). The molecule has 0 atom stereocenters. The Balaban J connectivity index is 3.02. The number of anilines is 2. The molecule has 3 N–H and O–H groups in total. The second-order valence-electron chi connectivity index (χ2n) is 6.56. The topological polar surface area (TPSA) is 67.1 Å². The highest BCUT2D eigenvalue weighted by atomic mass is 15.3. The molecule has 0 unspecified atom stereocenters. The van der Waals surface area contributed by atoms with Gasteiger partial charge >= 0.3 is 0 Å². The lowest BCUT2D eigenvalue weighted by molar-refractivity contribution is 0.532. The van der Waals surface area contributed by atoms with Crippen LogP contribution in [0.15, 0.2) is 0 Å². The van der Waals surface area contributed by atoms with Crippen molar-refractivity contribution in [1.82, 2.24) is 9.97 Å². The van der Waals surface area contributed by atoms with Crippen LogP contribution >= 0.6 is 0 Å². The first-order valence-electron chi connectivity index (χ1n) is 7.92. The number of nitrogens with zero attached hydrogens (tertiary/aromatic N) is 3. The minimum Gasteiger partial charge on any atom is -0.356 e. The zero-order valence-corrected chi connectivity index (χ0v) is 14.4. The number of nitrogens with one attached hydrogen (secondary N) is 1. The number of nitrogen functional groups attached to an aromatic ring is 1. The Morgan fingerprint density at radius 3 is 1.95 bits per heavy atom. The van der Waals surface area contributed by atoms with E-state index in [9.17, 15) is 0 Å². The van der Waals surface area contributed by atoms with Gasteiger partial charge in [0.05, 0.1) is 0 Å². The van der Waals surface area contributed by atoms with Crippen LogP contribution in [0.2, 0.25) is 0 Å². The molecule has 0 radical (unpaired) electrons. The predicted molar refractivity (Wildman–Crippen MR) is 90.4 cm³/mol. The van der Waals surface area contributed by atoms with E-state index < -0.39 is 0 Å². The molecular formula is C16H31N5. The molecule has 0 saturated carbocycles. The van der Waals surface area contributed by atoms with E-state index in [1.165, 1.54) is 0 Å². The highest BCUT2D eigenvalue weighted by Gasteiger charge is 2.16. The minimum absolute atomic E-state index is 0.682. The van der Waals surface area contributed by atoms with E-state index in [0.717, 1.165) is 49.0 Å². The van der Waals surface area contributed by atoms with Crippen LogP contribution in [0.25, 0.3) is 0 Å². The van der Waals surface area contributed by atoms with Gasteiger partial charge < -0.3 is 10.3 Å². The van der Waals surface area contributed by atoms with Gasteiger partial charge in [0.1, 0.15) is 17.5 Å². The van der Waals surface area contributed by atoms with Crippen molar-refractivity contribution < 1.29 is 0 Å². The van der Waals surface area contributed by atoms with E-state index in [1.54, 1.807) is 0 Å². The van der Waals surface area contributed by atoms with Crippen molar-refractivity contribution in [2.45, 2.75) is 54.4 Å². The van der Waals surface area contributed by atoms with Crippen LogP contribution in [-0.4, -0.2) is 23.1 Å². The van der Waals surface area contributed by atoms with E-state index in [2.05, 4.69) is 48.0 Å². The Labute approximate surface area is 129 Å². The number of hydrazine groups is 1. The van der Waals surface area contributed by atoms with E-state index >= 15 is 0 Å². The van der Waals surface area contributed by atoms with Crippen LogP contribution in [0.5, 0.6) is 0 Å².